The van der Waals surface area contributed by atoms with E-state index >= 15 is 0 Å². The molecule has 0 aromatic carbocycles. The number of ether oxygens (including phenoxy) is 8. The van der Waals surface area contributed by atoms with Crippen molar-refractivity contribution in [2.75, 3.05) is 26.4 Å². The van der Waals surface area contributed by atoms with Crippen molar-refractivity contribution in [2.24, 2.45) is 45.3 Å². The third kappa shape index (κ3) is 11.0. The number of aliphatic hydroxyl groups excluding tert-OH is 15. The first-order valence-corrected chi connectivity index (χ1v) is 28.0. The Bertz CT molecular complexity index is 2030. The Kier molecular flexibility index (Phi) is 19.1. The van der Waals surface area contributed by atoms with E-state index in [1.807, 2.05) is 0 Å². The zero-order valence-electron chi connectivity index (χ0n) is 46.1. The summed E-state index contributed by atoms with van der Waals surface area (Å²) in [4.78, 5) is 0. The molecule has 4 aliphatic heterocycles. The fourth-order valence-corrected chi connectivity index (χ4v) is 15.6. The number of allylic oxidation sites excluding steroid dienone is 1. The lowest BCUT2D eigenvalue weighted by Crippen LogP contribution is -2.65. The second-order valence-electron chi connectivity index (χ2n) is 25.9. The molecule has 0 aromatic rings. The SMILES string of the molecule is C[C@@H](CC[C@H](O[C@H]1O[C@@H](CO)[C@H](O)[C@@H](O)[C@@H]1O[C@H]1O[C@@H](CO)[C@H](O)[C@@H](O)[C@@H]1O)C(C)(C)O)[C@@H]1CC[C@]2(C)[C@@H]3CC=C4[C@H](CC[C@@H](O[C@H]5O[C@@H](CO[C@H]6O[C@@H](CO)[C@H](O)[C@@H](O)[C@@H]6O)[C@H](O)[C@@H](O)[C@@H]5O)C4(C)C)[C@@]3(C)[C@@H](O)C[C@@]12C. The third-order valence-electron chi connectivity index (χ3n) is 20.8. The average molecular weight is 1130 g/mol. The van der Waals surface area contributed by atoms with E-state index < -0.39 is 184 Å². The first kappa shape index (κ1) is 62.8. The van der Waals surface area contributed by atoms with E-state index in [1.54, 1.807) is 13.8 Å². The van der Waals surface area contributed by atoms with Crippen molar-refractivity contribution in [1.82, 2.24) is 0 Å². The second kappa shape index (κ2) is 23.7. The molecule has 3 saturated carbocycles. The lowest BCUT2D eigenvalue weighted by molar-refractivity contribution is -0.375. The topological polar surface area (TPSA) is 398 Å². The van der Waals surface area contributed by atoms with E-state index in [9.17, 15) is 81.7 Å². The average Bonchev–Trinajstić information content (AvgIpc) is 2.93. The predicted molar refractivity (Wildman–Crippen MR) is 268 cm³/mol. The molecule has 0 aromatic heterocycles. The molecule has 7 fully saturated rings. The molecular weight excluding hydrogens is 1030 g/mol. The minimum Gasteiger partial charge on any atom is -0.394 e. The Morgan fingerprint density at radius 2 is 1.09 bits per heavy atom. The fraction of sp³-hybridized carbons (Fsp3) is 0.963. The first-order valence-electron chi connectivity index (χ1n) is 28.0. The molecule has 0 amide bonds. The summed E-state index contributed by atoms with van der Waals surface area (Å²) in [5, 5.41) is 172. The lowest BCUT2D eigenvalue weighted by atomic mass is 9.38. The van der Waals surface area contributed by atoms with Gasteiger partial charge in [-0.15, -0.1) is 0 Å². The Hall–Kier alpha value is -1.22. The van der Waals surface area contributed by atoms with Gasteiger partial charge in [-0.25, -0.2) is 0 Å². The van der Waals surface area contributed by atoms with Crippen LogP contribution in [-0.4, -0.2) is 255 Å². The minimum absolute atomic E-state index is 0.0338. The van der Waals surface area contributed by atoms with Gasteiger partial charge >= 0.3 is 0 Å². The maximum absolute atomic E-state index is 12.7. The maximum atomic E-state index is 12.7. The highest BCUT2D eigenvalue weighted by Crippen LogP contribution is 2.75. The third-order valence-corrected chi connectivity index (χ3v) is 20.8. The monoisotopic (exact) mass is 1120 g/mol. The van der Waals surface area contributed by atoms with Gasteiger partial charge < -0.3 is 120 Å². The molecule has 0 spiro atoms. The highest BCUT2D eigenvalue weighted by Gasteiger charge is 2.70. The summed E-state index contributed by atoms with van der Waals surface area (Å²) >= 11 is 0. The minimum atomic E-state index is -1.85. The Labute approximate surface area is 455 Å². The van der Waals surface area contributed by atoms with Crippen molar-refractivity contribution < 1.29 is 120 Å². The van der Waals surface area contributed by atoms with Gasteiger partial charge in [-0.05, 0) is 99.7 Å². The van der Waals surface area contributed by atoms with Gasteiger partial charge in [-0.2, -0.15) is 0 Å². The van der Waals surface area contributed by atoms with Crippen LogP contribution in [0.15, 0.2) is 11.6 Å². The summed E-state index contributed by atoms with van der Waals surface area (Å²) in [5.41, 5.74) is -2.12. The standard InChI is InChI=1S/C54H92O24/c1-22(9-13-33(51(4,5)70)77-49-45(41(66)36(61)28(20-57)74-49)78-48-44(69)39(64)35(60)27(19-56)73-48)23-15-16-52(6)30-12-10-24-25(54(30,8)31(58)17-53(23,52)7)11-14-32(50(24,2)3)76-47-43(68)40(65)37(62)29(75-47)21-71-46-42(67)38(63)34(59)26(18-55)72-46/h10,22-23,25-49,55-70H,9,11-21H2,1-8H3/t22-,23-,25-,26-,27-,28-,29-,30-,31-,32+,33-,34-,35-,36-,37-,38+,39+,40+,41+,42-,43-,44-,45-,46-,47+,48+,49+,52+,53-,54+/m0/s1. The maximum Gasteiger partial charge on any atom is 0.187 e. The summed E-state index contributed by atoms with van der Waals surface area (Å²) in [6.07, 6.45) is -26.9. The number of hydrogen-bond acceptors (Lipinski definition) is 24. The van der Waals surface area contributed by atoms with Gasteiger partial charge in [0.05, 0.1) is 50.3 Å². The van der Waals surface area contributed by atoms with Gasteiger partial charge in [0, 0.05) is 10.8 Å². The van der Waals surface area contributed by atoms with Gasteiger partial charge in [0.25, 0.3) is 0 Å². The van der Waals surface area contributed by atoms with E-state index in [1.165, 1.54) is 0 Å². The van der Waals surface area contributed by atoms with Crippen LogP contribution in [-0.2, 0) is 37.9 Å². The van der Waals surface area contributed by atoms with Crippen molar-refractivity contribution in [3.63, 3.8) is 0 Å². The van der Waals surface area contributed by atoms with Crippen LogP contribution >= 0.6 is 0 Å². The van der Waals surface area contributed by atoms with Crippen LogP contribution in [0, 0.1) is 45.3 Å². The van der Waals surface area contributed by atoms with Gasteiger partial charge in [-0.3, -0.25) is 0 Å². The summed E-state index contributed by atoms with van der Waals surface area (Å²) in [7, 11) is 0. The number of fused-ring (bicyclic) bond motifs is 5. The predicted octanol–water partition coefficient (Wildman–Crippen LogP) is -3.23. The van der Waals surface area contributed by atoms with Crippen molar-refractivity contribution in [1.29, 1.82) is 0 Å². The van der Waals surface area contributed by atoms with Crippen LogP contribution in [0.25, 0.3) is 0 Å². The lowest BCUT2D eigenvalue weighted by Gasteiger charge is -2.67. The molecule has 4 aliphatic carbocycles. The van der Waals surface area contributed by atoms with E-state index in [4.69, 9.17) is 37.9 Å². The molecule has 8 aliphatic rings. The number of rotatable bonds is 17. The van der Waals surface area contributed by atoms with E-state index in [0.29, 0.717) is 32.1 Å². The van der Waals surface area contributed by atoms with Gasteiger partial charge in [-0.1, -0.05) is 53.2 Å². The van der Waals surface area contributed by atoms with Crippen LogP contribution in [0.1, 0.15) is 107 Å². The smallest absolute Gasteiger partial charge is 0.187 e. The molecule has 0 unspecified atom stereocenters. The molecule has 24 heteroatoms. The summed E-state index contributed by atoms with van der Waals surface area (Å²) in [6, 6.07) is 0. The van der Waals surface area contributed by atoms with Crippen molar-refractivity contribution >= 4 is 0 Å². The van der Waals surface area contributed by atoms with Gasteiger partial charge in [0.1, 0.15) is 97.7 Å². The van der Waals surface area contributed by atoms with Crippen molar-refractivity contribution in [3.8, 4) is 0 Å². The molecule has 452 valence electrons. The molecule has 78 heavy (non-hydrogen) atoms. The zero-order chi connectivity index (χ0) is 57.5. The van der Waals surface area contributed by atoms with Crippen LogP contribution in [0.2, 0.25) is 0 Å². The molecule has 4 saturated heterocycles. The summed E-state index contributed by atoms with van der Waals surface area (Å²) in [6.45, 7) is 13.6. The Balaban J connectivity index is 0.940. The fourth-order valence-electron chi connectivity index (χ4n) is 15.6. The molecule has 30 atom stereocenters. The highest BCUT2D eigenvalue weighted by atomic mass is 16.8. The largest absolute Gasteiger partial charge is 0.394 e. The van der Waals surface area contributed by atoms with Crippen LogP contribution < -0.4 is 0 Å². The molecule has 0 radical (unpaired) electrons. The molecule has 16 N–H and O–H groups in total. The quantitative estimate of drug-likeness (QED) is 0.0637. The first-order chi connectivity index (χ1) is 36.4. The molecular formula is C54H92O24. The summed E-state index contributed by atoms with van der Waals surface area (Å²) in [5.74, 6) is 0.236. The molecule has 0 bridgehead atoms. The Morgan fingerprint density at radius 1 is 0.590 bits per heavy atom. The van der Waals surface area contributed by atoms with Gasteiger partial charge in [0.15, 0.2) is 25.2 Å². The highest BCUT2D eigenvalue weighted by molar-refractivity contribution is 5.32. The van der Waals surface area contributed by atoms with E-state index in [2.05, 4.69) is 47.6 Å². The van der Waals surface area contributed by atoms with Crippen LogP contribution in [0.5, 0.6) is 0 Å². The molecule has 24 nitrogen and oxygen atoms in total. The van der Waals surface area contributed by atoms with E-state index in [0.717, 1.165) is 18.4 Å². The van der Waals surface area contributed by atoms with Crippen LogP contribution in [0.4, 0.5) is 0 Å². The van der Waals surface area contributed by atoms with Gasteiger partial charge in [0.2, 0.25) is 0 Å². The number of hydrogen-bond donors (Lipinski definition) is 16. The van der Waals surface area contributed by atoms with Crippen LogP contribution in [0.3, 0.4) is 0 Å². The zero-order valence-corrected chi connectivity index (χ0v) is 46.1. The Morgan fingerprint density at radius 3 is 1.65 bits per heavy atom. The van der Waals surface area contributed by atoms with E-state index in [-0.39, 0.29) is 40.9 Å². The van der Waals surface area contributed by atoms with Crippen molar-refractivity contribution in [3.05, 3.63) is 11.6 Å². The summed E-state index contributed by atoms with van der Waals surface area (Å²) < 4.78 is 47.5. The molecule has 8 rings (SSSR count). The second-order valence-corrected chi connectivity index (χ2v) is 25.9. The number of aliphatic hydroxyl groups is 16. The van der Waals surface area contributed by atoms with Crippen molar-refractivity contribution in [2.45, 2.75) is 253 Å². The molecule has 4 heterocycles. The normalized spacial score (nSPS) is 51.4.